The first-order valence-corrected chi connectivity index (χ1v) is 6.25. The number of carboxylic acid groups (broad SMARTS) is 1. The van der Waals surface area contributed by atoms with Crippen molar-refractivity contribution in [3.05, 3.63) is 36.2 Å². The summed E-state index contributed by atoms with van der Waals surface area (Å²) in [6.45, 7) is 0.597. The number of nitrogens with zero attached hydrogens (tertiary/aromatic N) is 3. The largest absolute Gasteiger partial charge is 0.476 e. The Morgan fingerprint density at radius 3 is 3.00 bits per heavy atom. The lowest BCUT2D eigenvalue weighted by molar-refractivity contribution is 0.0690. The summed E-state index contributed by atoms with van der Waals surface area (Å²) < 4.78 is 1.52. The van der Waals surface area contributed by atoms with Crippen LogP contribution in [0.2, 0.25) is 0 Å². The number of hydrogen-bond donors (Lipinski definition) is 2. The number of aromatic nitrogens is 3. The van der Waals surface area contributed by atoms with Gasteiger partial charge in [0, 0.05) is 16.3 Å². The lowest BCUT2D eigenvalue weighted by Gasteiger charge is -2.02. The molecule has 0 saturated heterocycles. The van der Waals surface area contributed by atoms with Crippen LogP contribution in [0.3, 0.4) is 0 Å². The Kier molecular flexibility index (Phi) is 3.83. The average Bonchev–Trinajstić information content (AvgIpc) is 2.78. The van der Waals surface area contributed by atoms with Gasteiger partial charge in [-0.05, 0) is 18.2 Å². The first kappa shape index (κ1) is 12.4. The third kappa shape index (κ3) is 3.24. The summed E-state index contributed by atoms with van der Waals surface area (Å²) in [5, 5.41) is 16.0. The summed E-state index contributed by atoms with van der Waals surface area (Å²) in [5.74, 6) is -0.295. The number of nitrogen functional groups attached to an aromatic ring is 1. The average molecular weight is 264 g/mol. The minimum absolute atomic E-state index is 0.0380. The predicted molar refractivity (Wildman–Crippen MR) is 68.6 cm³/mol. The van der Waals surface area contributed by atoms with Gasteiger partial charge in [0.05, 0.1) is 12.7 Å². The van der Waals surface area contributed by atoms with Crippen molar-refractivity contribution in [1.29, 1.82) is 0 Å². The van der Waals surface area contributed by atoms with Crippen molar-refractivity contribution in [1.82, 2.24) is 15.0 Å². The molecule has 0 aliphatic heterocycles. The highest BCUT2D eigenvalue weighted by Gasteiger charge is 2.07. The first-order chi connectivity index (χ1) is 8.65. The molecule has 7 heteroatoms. The molecule has 0 unspecified atom stereocenters. The van der Waals surface area contributed by atoms with E-state index in [-0.39, 0.29) is 5.69 Å². The maximum absolute atomic E-state index is 10.6. The second-order valence-electron chi connectivity index (χ2n) is 3.59. The zero-order valence-electron chi connectivity index (χ0n) is 9.48. The zero-order chi connectivity index (χ0) is 13.0. The van der Waals surface area contributed by atoms with E-state index in [1.54, 1.807) is 11.8 Å². The van der Waals surface area contributed by atoms with Gasteiger partial charge in [0.1, 0.15) is 0 Å². The van der Waals surface area contributed by atoms with E-state index in [4.69, 9.17) is 10.8 Å². The highest BCUT2D eigenvalue weighted by molar-refractivity contribution is 7.99. The smallest absolute Gasteiger partial charge is 0.358 e. The Morgan fingerprint density at radius 2 is 2.33 bits per heavy atom. The standard InChI is InChI=1S/C11H12N4O2S/c12-8-2-1-3-9(6-8)18-5-4-15-7-10(11(16)17)13-14-15/h1-3,6-7H,4-5,12H2,(H,16,17). The topological polar surface area (TPSA) is 94.0 Å². The molecule has 2 rings (SSSR count). The molecule has 18 heavy (non-hydrogen) atoms. The number of carboxylic acids is 1. The molecule has 1 aromatic carbocycles. The molecule has 0 spiro atoms. The Bertz CT molecular complexity index is 555. The van der Waals surface area contributed by atoms with Gasteiger partial charge in [-0.3, -0.25) is 4.68 Å². The summed E-state index contributed by atoms with van der Waals surface area (Å²) >= 11 is 1.63. The van der Waals surface area contributed by atoms with Crippen molar-refractivity contribution in [3.8, 4) is 0 Å². The van der Waals surface area contributed by atoms with Gasteiger partial charge in [-0.25, -0.2) is 4.79 Å². The molecule has 0 radical (unpaired) electrons. The molecule has 0 bridgehead atoms. The molecule has 2 aromatic rings. The number of aryl methyl sites for hydroxylation is 1. The molecule has 0 aliphatic rings. The molecule has 0 fully saturated rings. The Morgan fingerprint density at radius 1 is 1.50 bits per heavy atom. The van der Waals surface area contributed by atoms with E-state index in [9.17, 15) is 4.79 Å². The van der Waals surface area contributed by atoms with Crippen LogP contribution < -0.4 is 5.73 Å². The SMILES string of the molecule is Nc1cccc(SCCn2cc(C(=O)O)nn2)c1. The van der Waals surface area contributed by atoms with Crippen LogP contribution in [0.1, 0.15) is 10.5 Å². The second-order valence-corrected chi connectivity index (χ2v) is 4.76. The van der Waals surface area contributed by atoms with E-state index in [1.165, 1.54) is 10.9 Å². The summed E-state index contributed by atoms with van der Waals surface area (Å²) in [4.78, 5) is 11.7. The summed E-state index contributed by atoms with van der Waals surface area (Å²) in [5.41, 5.74) is 6.36. The highest BCUT2D eigenvalue weighted by atomic mass is 32.2. The molecule has 94 valence electrons. The Labute approximate surface area is 108 Å². The van der Waals surface area contributed by atoms with E-state index in [0.29, 0.717) is 6.54 Å². The van der Waals surface area contributed by atoms with Gasteiger partial charge in [-0.15, -0.1) is 16.9 Å². The molecule has 0 aliphatic carbocycles. The molecule has 3 N–H and O–H groups in total. The number of hydrogen-bond acceptors (Lipinski definition) is 5. The van der Waals surface area contributed by atoms with Crippen molar-refractivity contribution in [2.24, 2.45) is 0 Å². The van der Waals surface area contributed by atoms with Crippen molar-refractivity contribution in [3.63, 3.8) is 0 Å². The minimum Gasteiger partial charge on any atom is -0.476 e. The second kappa shape index (κ2) is 5.54. The fraction of sp³-hybridized carbons (Fsp3) is 0.182. The van der Waals surface area contributed by atoms with E-state index >= 15 is 0 Å². The van der Waals surface area contributed by atoms with Gasteiger partial charge in [0.15, 0.2) is 5.69 Å². The normalized spacial score (nSPS) is 10.4. The van der Waals surface area contributed by atoms with E-state index < -0.39 is 5.97 Å². The lowest BCUT2D eigenvalue weighted by atomic mass is 10.3. The minimum atomic E-state index is -1.07. The number of rotatable bonds is 5. The van der Waals surface area contributed by atoms with Crippen LogP contribution in [0.15, 0.2) is 35.4 Å². The Balaban J connectivity index is 1.86. The van der Waals surface area contributed by atoms with Crippen molar-refractivity contribution in [2.75, 3.05) is 11.5 Å². The molecule has 0 atom stereocenters. The number of aromatic carboxylic acids is 1. The molecule has 1 aromatic heterocycles. The lowest BCUT2D eigenvalue weighted by Crippen LogP contribution is -2.01. The number of carbonyl (C=O) groups is 1. The maximum Gasteiger partial charge on any atom is 0.358 e. The predicted octanol–water partition coefficient (Wildman–Crippen LogP) is 1.35. The Hall–Kier alpha value is -2.02. The molecule has 0 amide bonds. The third-order valence-electron chi connectivity index (χ3n) is 2.20. The van der Waals surface area contributed by atoms with Crippen LogP contribution >= 0.6 is 11.8 Å². The van der Waals surface area contributed by atoms with E-state index in [1.807, 2.05) is 24.3 Å². The summed E-state index contributed by atoms with van der Waals surface area (Å²) in [7, 11) is 0. The van der Waals surface area contributed by atoms with Crippen molar-refractivity contribution < 1.29 is 9.90 Å². The summed E-state index contributed by atoms with van der Waals surface area (Å²) in [6, 6.07) is 7.61. The van der Waals surface area contributed by atoms with Crippen LogP contribution in [-0.4, -0.2) is 31.8 Å². The molecule has 1 heterocycles. The van der Waals surface area contributed by atoms with Gasteiger partial charge < -0.3 is 10.8 Å². The van der Waals surface area contributed by atoms with Crippen LogP contribution in [0, 0.1) is 0 Å². The van der Waals surface area contributed by atoms with E-state index in [2.05, 4.69) is 10.3 Å². The number of benzene rings is 1. The summed E-state index contributed by atoms with van der Waals surface area (Å²) in [6.07, 6.45) is 1.42. The zero-order valence-corrected chi connectivity index (χ0v) is 10.3. The fourth-order valence-corrected chi connectivity index (χ4v) is 2.28. The first-order valence-electron chi connectivity index (χ1n) is 5.27. The fourth-order valence-electron chi connectivity index (χ4n) is 1.37. The molecule has 0 saturated carbocycles. The van der Waals surface area contributed by atoms with Crippen LogP contribution in [0.4, 0.5) is 5.69 Å². The van der Waals surface area contributed by atoms with Crippen molar-refractivity contribution >= 4 is 23.4 Å². The molecular weight excluding hydrogens is 252 g/mol. The number of anilines is 1. The molecule has 6 nitrogen and oxygen atoms in total. The van der Waals surface area contributed by atoms with Gasteiger partial charge >= 0.3 is 5.97 Å². The van der Waals surface area contributed by atoms with Gasteiger partial charge in [-0.1, -0.05) is 11.3 Å². The monoisotopic (exact) mass is 264 g/mol. The third-order valence-corrected chi connectivity index (χ3v) is 3.18. The number of thioether (sulfide) groups is 1. The quantitative estimate of drug-likeness (QED) is 0.625. The molecular formula is C11H12N4O2S. The van der Waals surface area contributed by atoms with Crippen LogP contribution in [0.5, 0.6) is 0 Å². The highest BCUT2D eigenvalue weighted by Crippen LogP contribution is 2.20. The van der Waals surface area contributed by atoms with Crippen LogP contribution in [-0.2, 0) is 6.54 Å². The maximum atomic E-state index is 10.6. The van der Waals surface area contributed by atoms with E-state index in [0.717, 1.165) is 16.3 Å². The van der Waals surface area contributed by atoms with Crippen LogP contribution in [0.25, 0.3) is 0 Å². The van der Waals surface area contributed by atoms with Gasteiger partial charge in [-0.2, -0.15) is 0 Å². The van der Waals surface area contributed by atoms with Crippen molar-refractivity contribution in [2.45, 2.75) is 11.4 Å². The number of nitrogens with two attached hydrogens (primary N) is 1. The van der Waals surface area contributed by atoms with Gasteiger partial charge in [0.25, 0.3) is 0 Å². The van der Waals surface area contributed by atoms with Gasteiger partial charge in [0.2, 0.25) is 0 Å².